The molecule has 1 aromatic heterocycles. The van der Waals surface area contributed by atoms with Crippen molar-refractivity contribution < 1.29 is 9.59 Å². The van der Waals surface area contributed by atoms with Gasteiger partial charge in [-0.2, -0.15) is 0 Å². The Morgan fingerprint density at radius 2 is 2.00 bits per heavy atom. The molecule has 0 aliphatic rings. The summed E-state index contributed by atoms with van der Waals surface area (Å²) in [6, 6.07) is 6.60. The summed E-state index contributed by atoms with van der Waals surface area (Å²) in [7, 11) is 1.44. The Morgan fingerprint density at radius 3 is 2.64 bits per heavy atom. The van der Waals surface area contributed by atoms with Gasteiger partial charge in [-0.05, 0) is 31.2 Å². The third-order valence-electron chi connectivity index (χ3n) is 2.70. The van der Waals surface area contributed by atoms with Crippen molar-refractivity contribution in [2.24, 2.45) is 0 Å². The smallest absolute Gasteiger partial charge is 0.321 e. The molecule has 2 rings (SSSR count). The van der Waals surface area contributed by atoms with Gasteiger partial charge in [0, 0.05) is 17.6 Å². The van der Waals surface area contributed by atoms with Crippen LogP contribution >= 0.6 is 23.4 Å². The number of urea groups is 1. The van der Waals surface area contributed by atoms with Crippen LogP contribution in [0.3, 0.4) is 0 Å². The van der Waals surface area contributed by atoms with Gasteiger partial charge in [0.1, 0.15) is 0 Å². The van der Waals surface area contributed by atoms with Crippen LogP contribution in [0, 0.1) is 0 Å². The van der Waals surface area contributed by atoms with E-state index in [0.717, 1.165) is 17.3 Å². The highest BCUT2D eigenvalue weighted by Crippen LogP contribution is 2.23. The van der Waals surface area contributed by atoms with Crippen molar-refractivity contribution in [1.82, 2.24) is 25.8 Å². The van der Waals surface area contributed by atoms with Gasteiger partial charge in [-0.1, -0.05) is 23.4 Å². The fourth-order valence-corrected chi connectivity index (χ4v) is 2.37. The number of amides is 3. The van der Waals surface area contributed by atoms with Crippen LogP contribution in [-0.4, -0.2) is 39.4 Å². The second-order valence-corrected chi connectivity index (χ2v) is 6.05. The summed E-state index contributed by atoms with van der Waals surface area (Å²) in [6.45, 7) is 1.67. The highest BCUT2D eigenvalue weighted by atomic mass is 35.5. The van der Waals surface area contributed by atoms with E-state index < -0.39 is 17.2 Å². The average molecular weight is 340 g/mol. The molecule has 116 valence electrons. The second-order valence-electron chi connectivity index (χ2n) is 4.30. The maximum Gasteiger partial charge on any atom is 0.321 e. The van der Waals surface area contributed by atoms with Crippen molar-refractivity contribution in [2.75, 3.05) is 7.05 Å². The number of aromatic nitrogens is 3. The summed E-state index contributed by atoms with van der Waals surface area (Å²) in [4.78, 5) is 27.2. The highest BCUT2D eigenvalue weighted by molar-refractivity contribution is 8.00. The number of carbonyl (C=O) groups excluding carboxylic acids is 2. The number of carbonyl (C=O) groups is 2. The van der Waals surface area contributed by atoms with Crippen molar-refractivity contribution in [3.8, 4) is 11.4 Å². The lowest BCUT2D eigenvalue weighted by Gasteiger charge is -2.08. The van der Waals surface area contributed by atoms with Crippen molar-refractivity contribution in [1.29, 1.82) is 0 Å². The summed E-state index contributed by atoms with van der Waals surface area (Å²) >= 11 is 6.99. The fraction of sp³-hybridized carbons (Fsp3) is 0.231. The van der Waals surface area contributed by atoms with E-state index in [0.29, 0.717) is 16.0 Å². The Kier molecular flexibility index (Phi) is 5.40. The molecule has 3 amide bonds. The average Bonchev–Trinajstić information content (AvgIpc) is 2.96. The number of benzene rings is 1. The predicted molar refractivity (Wildman–Crippen MR) is 84.7 cm³/mol. The Bertz CT molecular complexity index is 673. The number of hydrogen-bond donors (Lipinski definition) is 3. The van der Waals surface area contributed by atoms with Crippen LogP contribution in [0.5, 0.6) is 0 Å². The predicted octanol–water partition coefficient (Wildman–Crippen LogP) is 2.06. The second kappa shape index (κ2) is 7.28. The van der Waals surface area contributed by atoms with E-state index >= 15 is 0 Å². The molecule has 0 aliphatic carbocycles. The number of H-pyrrole nitrogens is 1. The van der Waals surface area contributed by atoms with Gasteiger partial charge in [0.25, 0.3) is 0 Å². The Balaban J connectivity index is 2.01. The third kappa shape index (κ3) is 4.22. The molecule has 7 nitrogen and oxygen atoms in total. The minimum atomic E-state index is -0.547. The molecule has 0 saturated heterocycles. The van der Waals surface area contributed by atoms with Gasteiger partial charge in [-0.15, -0.1) is 5.10 Å². The molecule has 3 N–H and O–H groups in total. The van der Waals surface area contributed by atoms with E-state index in [4.69, 9.17) is 11.6 Å². The standard InChI is InChI=1S/C13H14ClN5O2S/c1-7(11(20)17-12(21)15-2)22-13-16-10(18-19-13)8-3-5-9(14)6-4-8/h3-7H,1-2H3,(H,16,18,19)(H2,15,17,20,21). The molecule has 1 atom stereocenters. The first-order valence-electron chi connectivity index (χ1n) is 6.37. The largest absolute Gasteiger partial charge is 0.341 e. The molecule has 1 aromatic carbocycles. The fourth-order valence-electron chi connectivity index (χ4n) is 1.52. The van der Waals surface area contributed by atoms with E-state index in [1.165, 1.54) is 7.05 Å². The molecular weight excluding hydrogens is 326 g/mol. The number of rotatable bonds is 4. The molecule has 0 spiro atoms. The van der Waals surface area contributed by atoms with E-state index in [-0.39, 0.29) is 0 Å². The molecule has 0 aliphatic heterocycles. The first-order valence-corrected chi connectivity index (χ1v) is 7.63. The molecule has 0 saturated carbocycles. The number of halogens is 1. The zero-order valence-corrected chi connectivity index (χ0v) is 13.5. The van der Waals surface area contributed by atoms with Crippen molar-refractivity contribution in [2.45, 2.75) is 17.3 Å². The van der Waals surface area contributed by atoms with E-state index in [1.807, 2.05) is 12.1 Å². The topological polar surface area (TPSA) is 99.8 Å². The molecular formula is C13H14ClN5O2S. The monoisotopic (exact) mass is 339 g/mol. The lowest BCUT2D eigenvalue weighted by molar-refractivity contribution is -0.119. The summed E-state index contributed by atoms with van der Waals surface area (Å²) in [6.07, 6.45) is 0. The SMILES string of the molecule is CNC(=O)NC(=O)C(C)Sc1n[nH]c(-c2ccc(Cl)cc2)n1. The van der Waals surface area contributed by atoms with Crippen LogP contribution in [0.4, 0.5) is 4.79 Å². The van der Waals surface area contributed by atoms with Gasteiger partial charge in [0.05, 0.1) is 5.25 Å². The normalized spacial score (nSPS) is 11.8. The molecule has 1 heterocycles. The Morgan fingerprint density at radius 1 is 1.32 bits per heavy atom. The molecule has 1 unspecified atom stereocenters. The summed E-state index contributed by atoms with van der Waals surface area (Å²) in [5.41, 5.74) is 0.839. The first-order chi connectivity index (χ1) is 10.5. The maximum absolute atomic E-state index is 11.8. The molecule has 0 fully saturated rings. The Hall–Kier alpha value is -2.06. The van der Waals surface area contributed by atoms with Crippen molar-refractivity contribution in [3.63, 3.8) is 0 Å². The van der Waals surface area contributed by atoms with Gasteiger partial charge in [-0.3, -0.25) is 15.2 Å². The first kappa shape index (κ1) is 16.3. The van der Waals surface area contributed by atoms with Crippen LogP contribution in [-0.2, 0) is 4.79 Å². The van der Waals surface area contributed by atoms with E-state index in [9.17, 15) is 9.59 Å². The lowest BCUT2D eigenvalue weighted by atomic mass is 10.2. The Labute approximate surface area is 136 Å². The van der Waals surface area contributed by atoms with Crippen LogP contribution in [0.2, 0.25) is 5.02 Å². The molecule has 0 radical (unpaired) electrons. The van der Waals surface area contributed by atoms with E-state index in [1.54, 1.807) is 19.1 Å². The summed E-state index contributed by atoms with van der Waals surface area (Å²) < 4.78 is 0. The van der Waals surface area contributed by atoms with Crippen molar-refractivity contribution in [3.05, 3.63) is 29.3 Å². The molecule has 0 bridgehead atoms. The number of thioether (sulfide) groups is 1. The molecule has 22 heavy (non-hydrogen) atoms. The van der Waals surface area contributed by atoms with Crippen molar-refractivity contribution >= 4 is 35.3 Å². The number of aromatic amines is 1. The number of nitrogens with zero attached hydrogens (tertiary/aromatic N) is 2. The van der Waals surface area contributed by atoms with Crippen LogP contribution in [0.1, 0.15) is 6.92 Å². The number of hydrogen-bond acceptors (Lipinski definition) is 5. The third-order valence-corrected chi connectivity index (χ3v) is 3.91. The minimum absolute atomic E-state index is 0.415. The maximum atomic E-state index is 11.8. The zero-order chi connectivity index (χ0) is 16.1. The zero-order valence-electron chi connectivity index (χ0n) is 11.9. The molecule has 2 aromatic rings. The van der Waals surface area contributed by atoms with Gasteiger partial charge >= 0.3 is 6.03 Å². The summed E-state index contributed by atoms with van der Waals surface area (Å²) in [5, 5.41) is 11.9. The number of imide groups is 1. The van der Waals surface area contributed by atoms with Gasteiger partial charge in [0.2, 0.25) is 11.1 Å². The minimum Gasteiger partial charge on any atom is -0.341 e. The van der Waals surface area contributed by atoms with Crippen LogP contribution in [0.15, 0.2) is 29.4 Å². The number of nitrogens with one attached hydrogen (secondary N) is 3. The van der Waals surface area contributed by atoms with Gasteiger partial charge in [0.15, 0.2) is 5.82 Å². The quantitative estimate of drug-likeness (QED) is 0.740. The molecule has 9 heteroatoms. The van der Waals surface area contributed by atoms with Gasteiger partial charge < -0.3 is 5.32 Å². The van der Waals surface area contributed by atoms with Gasteiger partial charge in [-0.25, -0.2) is 9.78 Å². The van der Waals surface area contributed by atoms with Crippen LogP contribution < -0.4 is 10.6 Å². The van der Waals surface area contributed by atoms with Crippen LogP contribution in [0.25, 0.3) is 11.4 Å². The van der Waals surface area contributed by atoms with E-state index in [2.05, 4.69) is 25.8 Å². The lowest BCUT2D eigenvalue weighted by Crippen LogP contribution is -2.41. The highest BCUT2D eigenvalue weighted by Gasteiger charge is 2.19. The summed E-state index contributed by atoms with van der Waals surface area (Å²) in [5.74, 6) is 0.167.